The molecule has 1 aromatic carbocycles. The molecule has 0 radical (unpaired) electrons. The van der Waals surface area contributed by atoms with E-state index in [-0.39, 0.29) is 12.4 Å². The number of rotatable bonds is 4. The molecule has 6 heteroatoms. The second kappa shape index (κ2) is 4.84. The number of hydrogen-bond acceptors (Lipinski definition) is 5. The standard InChI is InChI=1S/C11H13N3O3/c1-7-2-4-8(5-3-7)12-6-9(15)10-13-14-11(16)17-10/h2-5,9,12,15H,6H2,1H3,(H,14,16). The SMILES string of the molecule is Cc1ccc(NCC(O)c2n[nH]c(=O)o2)cc1. The third-order valence-corrected chi connectivity index (χ3v) is 2.29. The lowest BCUT2D eigenvalue weighted by Gasteiger charge is -2.09. The van der Waals surface area contributed by atoms with Crippen LogP contribution in [0.15, 0.2) is 33.5 Å². The van der Waals surface area contributed by atoms with Gasteiger partial charge in [-0.3, -0.25) is 0 Å². The van der Waals surface area contributed by atoms with Gasteiger partial charge < -0.3 is 14.8 Å². The monoisotopic (exact) mass is 235 g/mol. The summed E-state index contributed by atoms with van der Waals surface area (Å²) in [4.78, 5) is 10.7. The lowest BCUT2D eigenvalue weighted by atomic mass is 10.2. The molecule has 0 saturated heterocycles. The van der Waals surface area contributed by atoms with Crippen LogP contribution in [0.2, 0.25) is 0 Å². The highest BCUT2D eigenvalue weighted by atomic mass is 16.4. The van der Waals surface area contributed by atoms with E-state index < -0.39 is 11.9 Å². The van der Waals surface area contributed by atoms with Gasteiger partial charge in [0, 0.05) is 12.2 Å². The average Bonchev–Trinajstić information content (AvgIpc) is 2.75. The van der Waals surface area contributed by atoms with Crippen LogP contribution in [0.4, 0.5) is 5.69 Å². The number of nitrogens with one attached hydrogen (secondary N) is 2. The van der Waals surface area contributed by atoms with Crippen LogP contribution in [-0.2, 0) is 0 Å². The first kappa shape index (κ1) is 11.4. The minimum atomic E-state index is -0.963. The number of hydrogen-bond donors (Lipinski definition) is 3. The van der Waals surface area contributed by atoms with E-state index in [0.29, 0.717) is 0 Å². The fourth-order valence-corrected chi connectivity index (χ4v) is 1.36. The van der Waals surface area contributed by atoms with Gasteiger partial charge in [0.25, 0.3) is 0 Å². The van der Waals surface area contributed by atoms with Gasteiger partial charge in [0.15, 0.2) is 0 Å². The molecule has 2 aromatic rings. The van der Waals surface area contributed by atoms with Crippen LogP contribution in [0.5, 0.6) is 0 Å². The Balaban J connectivity index is 1.94. The first-order valence-corrected chi connectivity index (χ1v) is 5.19. The van der Waals surface area contributed by atoms with Crippen LogP contribution in [0.25, 0.3) is 0 Å². The Morgan fingerprint density at radius 1 is 1.47 bits per heavy atom. The largest absolute Gasteiger partial charge is 0.434 e. The zero-order valence-electron chi connectivity index (χ0n) is 9.30. The maximum absolute atomic E-state index is 10.7. The van der Waals surface area contributed by atoms with E-state index in [1.807, 2.05) is 31.2 Å². The number of H-pyrrole nitrogens is 1. The first-order valence-electron chi connectivity index (χ1n) is 5.19. The van der Waals surface area contributed by atoms with Gasteiger partial charge in [-0.25, -0.2) is 9.89 Å². The maximum Gasteiger partial charge on any atom is 0.434 e. The van der Waals surface area contributed by atoms with Crippen LogP contribution in [0.1, 0.15) is 17.6 Å². The Bertz CT molecular complexity index is 529. The molecule has 6 nitrogen and oxygen atoms in total. The highest BCUT2D eigenvalue weighted by Gasteiger charge is 2.13. The molecule has 0 amide bonds. The lowest BCUT2D eigenvalue weighted by molar-refractivity contribution is 0.154. The second-order valence-electron chi connectivity index (χ2n) is 3.71. The second-order valence-corrected chi connectivity index (χ2v) is 3.71. The van der Waals surface area contributed by atoms with Crippen molar-refractivity contribution in [1.82, 2.24) is 10.2 Å². The Morgan fingerprint density at radius 3 is 2.76 bits per heavy atom. The molecule has 2 rings (SSSR count). The number of aromatic nitrogens is 2. The number of aliphatic hydroxyl groups is 1. The van der Waals surface area contributed by atoms with Crippen LogP contribution in [0, 0.1) is 6.92 Å². The molecule has 0 aliphatic carbocycles. The van der Waals surface area contributed by atoms with E-state index in [1.165, 1.54) is 0 Å². The van der Waals surface area contributed by atoms with Crippen molar-refractivity contribution < 1.29 is 9.52 Å². The maximum atomic E-state index is 10.7. The van der Waals surface area contributed by atoms with Gasteiger partial charge in [0.2, 0.25) is 5.89 Å². The molecule has 3 N–H and O–H groups in total. The molecule has 0 fully saturated rings. The lowest BCUT2D eigenvalue weighted by Crippen LogP contribution is -2.12. The molecule has 90 valence electrons. The highest BCUT2D eigenvalue weighted by Crippen LogP contribution is 2.12. The van der Waals surface area contributed by atoms with Gasteiger partial charge in [-0.15, -0.1) is 5.10 Å². The number of nitrogens with zero attached hydrogens (tertiary/aromatic N) is 1. The van der Waals surface area contributed by atoms with Gasteiger partial charge >= 0.3 is 5.76 Å². The van der Waals surface area contributed by atoms with E-state index in [1.54, 1.807) is 0 Å². The average molecular weight is 235 g/mol. The van der Waals surface area contributed by atoms with E-state index in [2.05, 4.69) is 19.9 Å². The quantitative estimate of drug-likeness (QED) is 0.729. The Morgan fingerprint density at radius 2 is 2.18 bits per heavy atom. The van der Waals surface area contributed by atoms with Crippen molar-refractivity contribution in [2.24, 2.45) is 0 Å². The summed E-state index contributed by atoms with van der Waals surface area (Å²) in [5, 5.41) is 18.3. The van der Waals surface area contributed by atoms with Crippen LogP contribution in [-0.4, -0.2) is 21.8 Å². The molecule has 1 heterocycles. The van der Waals surface area contributed by atoms with Crippen molar-refractivity contribution in [3.63, 3.8) is 0 Å². The third kappa shape index (κ3) is 2.94. The summed E-state index contributed by atoms with van der Waals surface area (Å²) in [6, 6.07) is 7.73. The summed E-state index contributed by atoms with van der Waals surface area (Å²) in [6.45, 7) is 2.22. The van der Waals surface area contributed by atoms with Crippen LogP contribution < -0.4 is 11.1 Å². The van der Waals surface area contributed by atoms with Gasteiger partial charge in [-0.05, 0) is 19.1 Å². The minimum Gasteiger partial charge on any atom is -0.390 e. The number of benzene rings is 1. The normalized spacial score (nSPS) is 12.4. The van der Waals surface area contributed by atoms with Crippen molar-refractivity contribution in [2.75, 3.05) is 11.9 Å². The predicted molar refractivity (Wildman–Crippen MR) is 61.8 cm³/mol. The molecular formula is C11H13N3O3. The molecule has 1 aromatic heterocycles. The molecule has 0 aliphatic heterocycles. The Labute approximate surface area is 97.3 Å². The molecule has 1 unspecified atom stereocenters. The van der Waals surface area contributed by atoms with Crippen molar-refractivity contribution in [3.8, 4) is 0 Å². The molecule has 0 aliphatic rings. The molecule has 0 spiro atoms. The third-order valence-electron chi connectivity index (χ3n) is 2.29. The topological polar surface area (TPSA) is 91.1 Å². The van der Waals surface area contributed by atoms with E-state index in [4.69, 9.17) is 0 Å². The molecule has 17 heavy (non-hydrogen) atoms. The predicted octanol–water partition coefficient (Wildman–Crippen LogP) is 0.817. The summed E-state index contributed by atoms with van der Waals surface area (Å²) in [5.74, 6) is -0.691. The zero-order chi connectivity index (χ0) is 12.3. The molecule has 0 saturated carbocycles. The summed E-state index contributed by atoms with van der Waals surface area (Å²) >= 11 is 0. The zero-order valence-corrected chi connectivity index (χ0v) is 9.30. The fraction of sp³-hybridized carbons (Fsp3) is 0.273. The summed E-state index contributed by atoms with van der Waals surface area (Å²) < 4.78 is 4.64. The number of aryl methyl sites for hydroxylation is 1. The van der Waals surface area contributed by atoms with E-state index in [9.17, 15) is 9.90 Å². The number of aromatic amines is 1. The van der Waals surface area contributed by atoms with Gasteiger partial charge in [0.05, 0.1) is 0 Å². The summed E-state index contributed by atoms with van der Waals surface area (Å²) in [5.41, 5.74) is 2.04. The van der Waals surface area contributed by atoms with Gasteiger partial charge in [0.1, 0.15) is 6.10 Å². The van der Waals surface area contributed by atoms with Crippen molar-refractivity contribution >= 4 is 5.69 Å². The smallest absolute Gasteiger partial charge is 0.390 e. The Kier molecular flexibility index (Phi) is 3.24. The molecular weight excluding hydrogens is 222 g/mol. The Hall–Kier alpha value is -2.08. The van der Waals surface area contributed by atoms with E-state index in [0.717, 1.165) is 11.3 Å². The van der Waals surface area contributed by atoms with Crippen molar-refractivity contribution in [1.29, 1.82) is 0 Å². The van der Waals surface area contributed by atoms with Gasteiger partial charge in [-0.2, -0.15) is 0 Å². The van der Waals surface area contributed by atoms with Crippen molar-refractivity contribution in [2.45, 2.75) is 13.0 Å². The first-order chi connectivity index (χ1) is 8.15. The van der Waals surface area contributed by atoms with Crippen LogP contribution in [0.3, 0.4) is 0 Å². The molecule has 1 atom stereocenters. The number of anilines is 1. The fourth-order valence-electron chi connectivity index (χ4n) is 1.36. The van der Waals surface area contributed by atoms with Crippen molar-refractivity contribution in [3.05, 3.63) is 46.3 Å². The summed E-state index contributed by atoms with van der Waals surface area (Å²) in [7, 11) is 0. The van der Waals surface area contributed by atoms with Crippen LogP contribution >= 0.6 is 0 Å². The van der Waals surface area contributed by atoms with Gasteiger partial charge in [-0.1, -0.05) is 17.7 Å². The highest BCUT2D eigenvalue weighted by molar-refractivity contribution is 5.44. The minimum absolute atomic E-state index is 0.0189. The molecule has 0 bridgehead atoms. The number of aliphatic hydroxyl groups excluding tert-OH is 1. The van der Waals surface area contributed by atoms with E-state index >= 15 is 0 Å². The summed E-state index contributed by atoms with van der Waals surface area (Å²) in [6.07, 6.45) is -0.963.